The number of hydrogen-bond acceptors (Lipinski definition) is 4. The van der Waals surface area contributed by atoms with E-state index >= 15 is 0 Å². The Hall–Kier alpha value is -2.70. The lowest BCUT2D eigenvalue weighted by molar-refractivity contribution is -0.143. The highest BCUT2D eigenvalue weighted by Crippen LogP contribution is 2.52. The molecule has 0 radical (unpaired) electrons. The molecule has 2 aliphatic heterocycles. The van der Waals surface area contributed by atoms with Crippen LogP contribution >= 0.6 is 12.4 Å². The van der Waals surface area contributed by atoms with Crippen molar-refractivity contribution in [3.63, 3.8) is 0 Å². The van der Waals surface area contributed by atoms with Crippen LogP contribution in [-0.2, 0) is 42.8 Å². The summed E-state index contributed by atoms with van der Waals surface area (Å²) in [7, 11) is 1.74. The highest BCUT2D eigenvalue weighted by Gasteiger charge is 2.56. The number of benzene rings is 2. The number of rotatable bonds is 6. The Labute approximate surface area is 226 Å². The average molecular weight is 579 g/mol. The van der Waals surface area contributed by atoms with Crippen molar-refractivity contribution in [2.45, 2.75) is 68.9 Å². The molecule has 1 aromatic heterocycles. The number of aryl methyl sites for hydroxylation is 1. The van der Waals surface area contributed by atoms with E-state index < -0.39 is 47.5 Å². The first-order chi connectivity index (χ1) is 17.9. The molecular weight excluding hydrogens is 553 g/mol. The molecule has 2 fully saturated rings. The second kappa shape index (κ2) is 10.7. The molecular formula is C26H26ClF7N4O. The van der Waals surface area contributed by atoms with Crippen LogP contribution in [0.2, 0.25) is 0 Å². The van der Waals surface area contributed by atoms with Gasteiger partial charge >= 0.3 is 12.4 Å². The Balaban J connectivity index is 0.00000353. The third-order valence-corrected chi connectivity index (χ3v) is 7.51. The first-order valence-electron chi connectivity index (χ1n) is 12.1. The second-order valence-electron chi connectivity index (χ2n) is 9.88. The number of piperidine rings is 1. The van der Waals surface area contributed by atoms with E-state index in [0.717, 1.165) is 18.4 Å². The summed E-state index contributed by atoms with van der Waals surface area (Å²) >= 11 is 0. The van der Waals surface area contributed by atoms with E-state index in [1.54, 1.807) is 30.2 Å². The number of fused-ring (bicyclic) bond motifs is 2. The topological polar surface area (TPSA) is 43.2 Å². The van der Waals surface area contributed by atoms with Gasteiger partial charge in [-0.3, -0.25) is 9.58 Å². The molecule has 2 bridgehead atoms. The van der Waals surface area contributed by atoms with Crippen LogP contribution in [0.4, 0.5) is 30.7 Å². The molecule has 0 saturated carbocycles. The lowest BCUT2D eigenvalue weighted by Crippen LogP contribution is -2.56. The number of hydrogen-bond donors (Lipinski definition) is 0. The van der Waals surface area contributed by atoms with E-state index in [4.69, 9.17) is 4.74 Å². The van der Waals surface area contributed by atoms with Crippen LogP contribution in [0.3, 0.4) is 0 Å². The van der Waals surface area contributed by atoms with E-state index in [0.29, 0.717) is 37.3 Å². The van der Waals surface area contributed by atoms with Crippen LogP contribution in [0, 0.1) is 5.82 Å². The average Bonchev–Trinajstić information content (AvgIpc) is 3.36. The zero-order valence-corrected chi connectivity index (χ0v) is 21.6. The molecule has 39 heavy (non-hydrogen) atoms. The highest BCUT2D eigenvalue weighted by atomic mass is 35.5. The molecule has 0 amide bonds. The molecule has 2 aromatic carbocycles. The number of halogens is 8. The zero-order valence-electron chi connectivity index (χ0n) is 20.8. The van der Waals surface area contributed by atoms with Gasteiger partial charge in [0.15, 0.2) is 5.82 Å². The van der Waals surface area contributed by atoms with Gasteiger partial charge in [0.2, 0.25) is 0 Å². The number of aromatic nitrogens is 3. The Morgan fingerprint density at radius 2 is 1.59 bits per heavy atom. The lowest BCUT2D eigenvalue weighted by atomic mass is 9.78. The maximum absolute atomic E-state index is 13.8. The fourth-order valence-corrected chi connectivity index (χ4v) is 5.87. The van der Waals surface area contributed by atoms with Crippen LogP contribution in [0.1, 0.15) is 53.8 Å². The second-order valence-corrected chi connectivity index (χ2v) is 9.88. The van der Waals surface area contributed by atoms with E-state index in [1.165, 1.54) is 12.1 Å². The van der Waals surface area contributed by atoms with Crippen molar-refractivity contribution >= 4 is 12.4 Å². The standard InChI is InChI=1S/C26H25F7N4O.ClH/c1-36-15-34-23(35-36)13-37-21-6-7-22(24(37,9-8-21)17-2-4-20(27)5-3-17)38-14-16-10-18(25(28,29)30)12-19(11-16)26(31,32)33;/h2-5,10-12,15,21-22H,6-9,13-14H2,1H3;1H/t21-,22+,24+;/m0./s1. The summed E-state index contributed by atoms with van der Waals surface area (Å²) in [6, 6.07) is 7.62. The quantitative estimate of drug-likeness (QED) is 0.307. The largest absolute Gasteiger partial charge is 0.416 e. The van der Waals surface area contributed by atoms with Gasteiger partial charge < -0.3 is 4.74 Å². The van der Waals surface area contributed by atoms with Gasteiger partial charge in [0.1, 0.15) is 12.1 Å². The normalized spacial score (nSPS) is 23.6. The molecule has 3 atom stereocenters. The molecule has 2 saturated heterocycles. The summed E-state index contributed by atoms with van der Waals surface area (Å²) in [6.07, 6.45) is -6.20. The Morgan fingerprint density at radius 3 is 2.15 bits per heavy atom. The maximum Gasteiger partial charge on any atom is 0.416 e. The van der Waals surface area contributed by atoms with Gasteiger partial charge in [0, 0.05) is 13.1 Å². The van der Waals surface area contributed by atoms with E-state index in [2.05, 4.69) is 15.0 Å². The van der Waals surface area contributed by atoms with E-state index in [9.17, 15) is 30.7 Å². The van der Waals surface area contributed by atoms with Crippen LogP contribution in [0.25, 0.3) is 0 Å². The fourth-order valence-electron chi connectivity index (χ4n) is 5.87. The smallest absolute Gasteiger partial charge is 0.371 e. The van der Waals surface area contributed by atoms with Crippen LogP contribution in [-0.4, -0.2) is 31.8 Å². The highest BCUT2D eigenvalue weighted by molar-refractivity contribution is 5.85. The minimum Gasteiger partial charge on any atom is -0.371 e. The van der Waals surface area contributed by atoms with E-state index in [-0.39, 0.29) is 30.1 Å². The number of ether oxygens (including phenoxy) is 1. The summed E-state index contributed by atoms with van der Waals surface area (Å²) in [5, 5.41) is 4.37. The van der Waals surface area contributed by atoms with Gasteiger partial charge in [-0.1, -0.05) is 12.1 Å². The van der Waals surface area contributed by atoms with Crippen molar-refractivity contribution in [3.05, 3.63) is 82.7 Å². The predicted molar refractivity (Wildman–Crippen MR) is 129 cm³/mol. The first-order valence-corrected chi connectivity index (χ1v) is 12.1. The molecule has 3 heterocycles. The minimum absolute atomic E-state index is 0. The molecule has 0 unspecified atom stereocenters. The van der Waals surface area contributed by atoms with Crippen molar-refractivity contribution in [2.75, 3.05) is 0 Å². The lowest BCUT2D eigenvalue weighted by Gasteiger charge is -2.49. The van der Waals surface area contributed by atoms with Gasteiger partial charge in [-0.05, 0) is 67.1 Å². The third kappa shape index (κ3) is 5.78. The van der Waals surface area contributed by atoms with Gasteiger partial charge in [0.05, 0.1) is 35.9 Å². The molecule has 13 heteroatoms. The summed E-state index contributed by atoms with van der Waals surface area (Å²) < 4.78 is 102. The Morgan fingerprint density at radius 1 is 0.949 bits per heavy atom. The molecule has 2 aliphatic rings. The fraction of sp³-hybridized carbons (Fsp3) is 0.462. The molecule has 3 aromatic rings. The number of alkyl halides is 6. The Bertz CT molecular complexity index is 1260. The van der Waals surface area contributed by atoms with Crippen molar-refractivity contribution in [2.24, 2.45) is 7.05 Å². The Kier molecular flexibility index (Phi) is 8.04. The van der Waals surface area contributed by atoms with Gasteiger partial charge in [-0.2, -0.15) is 31.4 Å². The molecule has 0 aliphatic carbocycles. The minimum atomic E-state index is -4.94. The predicted octanol–water partition coefficient (Wildman–Crippen LogP) is 6.65. The van der Waals surface area contributed by atoms with E-state index in [1.807, 2.05) is 0 Å². The van der Waals surface area contributed by atoms with Gasteiger partial charge in [-0.25, -0.2) is 9.37 Å². The summed E-state index contributed by atoms with van der Waals surface area (Å²) in [5.41, 5.74) is -3.00. The van der Waals surface area contributed by atoms with Gasteiger partial charge in [-0.15, -0.1) is 12.4 Å². The van der Waals surface area contributed by atoms with Crippen molar-refractivity contribution in [3.8, 4) is 0 Å². The molecule has 5 rings (SSSR count). The van der Waals surface area contributed by atoms with Crippen molar-refractivity contribution in [1.29, 1.82) is 0 Å². The molecule has 5 nitrogen and oxygen atoms in total. The molecule has 0 N–H and O–H groups in total. The number of nitrogens with zero attached hydrogens (tertiary/aromatic N) is 4. The summed E-state index contributed by atoms with van der Waals surface area (Å²) in [4.78, 5) is 6.52. The maximum atomic E-state index is 13.8. The SMILES string of the molecule is Cl.Cn1cnc(CN2[C@H]3CC[C@@H](OCc4cc(C(F)(F)F)cc(C(F)(F)F)c4)[C@]2(c2ccc(F)cc2)CC3)n1. The van der Waals surface area contributed by atoms with Crippen LogP contribution < -0.4 is 0 Å². The monoisotopic (exact) mass is 578 g/mol. The summed E-state index contributed by atoms with van der Waals surface area (Å²) in [5.74, 6) is 0.147. The van der Waals surface area contributed by atoms with Crippen LogP contribution in [0.15, 0.2) is 48.8 Å². The van der Waals surface area contributed by atoms with Crippen molar-refractivity contribution < 1.29 is 35.5 Å². The molecule has 212 valence electrons. The zero-order chi connectivity index (χ0) is 27.3. The summed E-state index contributed by atoms with van der Waals surface area (Å²) in [6.45, 7) is -0.0779. The first kappa shape index (κ1) is 29.3. The van der Waals surface area contributed by atoms with Gasteiger partial charge in [0.25, 0.3) is 0 Å². The van der Waals surface area contributed by atoms with Crippen LogP contribution in [0.5, 0.6) is 0 Å². The third-order valence-electron chi connectivity index (χ3n) is 7.51. The van der Waals surface area contributed by atoms with Crippen molar-refractivity contribution in [1.82, 2.24) is 19.7 Å². The molecule has 0 spiro atoms.